The first kappa shape index (κ1) is 26.3. The van der Waals surface area contributed by atoms with Crippen LogP contribution in [0.1, 0.15) is 57.8 Å². The maximum absolute atomic E-state index is 12.2. The lowest BCUT2D eigenvalue weighted by Gasteiger charge is -2.21. The molecule has 0 aliphatic rings. The van der Waals surface area contributed by atoms with Gasteiger partial charge in [-0.25, -0.2) is 4.99 Å². The highest BCUT2D eigenvalue weighted by atomic mass is 127. The van der Waals surface area contributed by atoms with Gasteiger partial charge in [0.15, 0.2) is 5.96 Å². The number of amides is 1. The first-order valence-corrected chi connectivity index (χ1v) is 11.0. The molecule has 0 spiro atoms. The number of halogens is 1. The van der Waals surface area contributed by atoms with Crippen LogP contribution in [0.2, 0.25) is 0 Å². The number of aliphatic imine (C=N–C) groups is 1. The Bertz CT molecular complexity index is 783. The number of carbonyl (C=O) groups is 1. The van der Waals surface area contributed by atoms with Crippen molar-refractivity contribution in [1.29, 1.82) is 0 Å². The number of aromatic nitrogens is 3. The number of rotatable bonds is 9. The van der Waals surface area contributed by atoms with Crippen LogP contribution in [0, 0.1) is 0 Å². The monoisotopic (exact) mass is 547 g/mol. The third-order valence-electron chi connectivity index (χ3n) is 4.16. The minimum absolute atomic E-state index is 0. The van der Waals surface area contributed by atoms with E-state index in [0.29, 0.717) is 12.5 Å². The van der Waals surface area contributed by atoms with Crippen molar-refractivity contribution in [3.8, 4) is 0 Å². The van der Waals surface area contributed by atoms with E-state index in [1.54, 1.807) is 17.7 Å². The van der Waals surface area contributed by atoms with Gasteiger partial charge in [-0.2, -0.15) is 0 Å². The number of hydrogen-bond acceptors (Lipinski definition) is 5. The molecule has 0 aliphatic heterocycles. The van der Waals surface area contributed by atoms with Crippen LogP contribution >= 0.6 is 35.3 Å². The second-order valence-corrected chi connectivity index (χ2v) is 8.78. The summed E-state index contributed by atoms with van der Waals surface area (Å²) in [5.41, 5.74) is -0.276. The highest BCUT2D eigenvalue weighted by Gasteiger charge is 2.15. The van der Waals surface area contributed by atoms with E-state index in [1.807, 2.05) is 31.4 Å². The maximum Gasteiger partial charge on any atom is 0.242 e. The SMILES string of the molecule is CCc1nncn1CCNC(=NCC(=O)NC(C)(C)C)NC(CC)c1cccs1.I. The summed E-state index contributed by atoms with van der Waals surface area (Å²) in [5.74, 6) is 1.48. The molecule has 2 aromatic heterocycles. The number of nitrogens with zero attached hydrogens (tertiary/aromatic N) is 4. The fourth-order valence-electron chi connectivity index (χ4n) is 2.82. The van der Waals surface area contributed by atoms with E-state index < -0.39 is 0 Å². The van der Waals surface area contributed by atoms with Crippen LogP contribution in [-0.4, -0.2) is 45.3 Å². The molecule has 0 aliphatic carbocycles. The van der Waals surface area contributed by atoms with Crippen LogP contribution in [0.5, 0.6) is 0 Å². The minimum atomic E-state index is -0.276. The summed E-state index contributed by atoms with van der Waals surface area (Å²) >= 11 is 1.71. The molecule has 0 radical (unpaired) electrons. The van der Waals surface area contributed by atoms with Crippen molar-refractivity contribution >= 4 is 47.2 Å². The van der Waals surface area contributed by atoms with Gasteiger partial charge in [0, 0.05) is 29.9 Å². The maximum atomic E-state index is 12.2. The molecule has 1 unspecified atom stereocenters. The van der Waals surface area contributed by atoms with Crippen LogP contribution in [0.15, 0.2) is 28.8 Å². The standard InChI is InChI=1S/C20H33N7OS.HI/c1-6-15(16-9-8-12-29-16)24-19(22-13-18(28)25-20(3,4)5)21-10-11-27-14-23-26-17(27)7-2;/h8-9,12,14-15H,6-7,10-11,13H2,1-5H3,(H,25,28)(H2,21,22,24);1H. The largest absolute Gasteiger partial charge is 0.355 e. The van der Waals surface area contributed by atoms with Gasteiger partial charge in [-0.15, -0.1) is 45.5 Å². The number of thiophene rings is 1. The van der Waals surface area contributed by atoms with Gasteiger partial charge in [-0.3, -0.25) is 4.79 Å². The molecule has 10 heteroatoms. The Morgan fingerprint density at radius 3 is 2.70 bits per heavy atom. The zero-order chi connectivity index (χ0) is 21.3. The quantitative estimate of drug-likeness (QED) is 0.255. The van der Waals surface area contributed by atoms with Gasteiger partial charge in [0.05, 0.1) is 6.04 Å². The first-order chi connectivity index (χ1) is 13.8. The molecular weight excluding hydrogens is 513 g/mol. The summed E-state index contributed by atoms with van der Waals surface area (Å²) < 4.78 is 2.02. The summed E-state index contributed by atoms with van der Waals surface area (Å²) in [7, 11) is 0. The zero-order valence-electron chi connectivity index (χ0n) is 18.4. The zero-order valence-corrected chi connectivity index (χ0v) is 21.6. The Labute approximate surface area is 200 Å². The highest BCUT2D eigenvalue weighted by molar-refractivity contribution is 14.0. The van der Waals surface area contributed by atoms with Crippen molar-refractivity contribution < 1.29 is 4.79 Å². The van der Waals surface area contributed by atoms with E-state index in [2.05, 4.69) is 56.4 Å². The Hall–Kier alpha value is -1.69. The fourth-order valence-corrected chi connectivity index (χ4v) is 3.69. The van der Waals surface area contributed by atoms with Crippen LogP contribution in [0.4, 0.5) is 0 Å². The average Bonchev–Trinajstić information content (AvgIpc) is 3.33. The topological polar surface area (TPSA) is 96.2 Å². The Morgan fingerprint density at radius 2 is 2.10 bits per heavy atom. The van der Waals surface area contributed by atoms with Gasteiger partial charge >= 0.3 is 0 Å². The lowest BCUT2D eigenvalue weighted by atomic mass is 10.1. The molecular formula is C20H34IN7OS. The van der Waals surface area contributed by atoms with Crippen molar-refractivity contribution in [2.24, 2.45) is 4.99 Å². The van der Waals surface area contributed by atoms with E-state index in [9.17, 15) is 4.79 Å². The van der Waals surface area contributed by atoms with Crippen LogP contribution < -0.4 is 16.0 Å². The van der Waals surface area contributed by atoms with Gasteiger partial charge in [0.1, 0.15) is 18.7 Å². The van der Waals surface area contributed by atoms with E-state index in [-0.39, 0.29) is 48.0 Å². The summed E-state index contributed by atoms with van der Waals surface area (Å²) in [6.45, 7) is 11.5. The van der Waals surface area contributed by atoms with Gasteiger partial charge in [0.2, 0.25) is 5.91 Å². The van der Waals surface area contributed by atoms with Crippen molar-refractivity contribution in [1.82, 2.24) is 30.7 Å². The molecule has 0 saturated carbocycles. The smallest absolute Gasteiger partial charge is 0.242 e. The molecule has 1 amide bonds. The van der Waals surface area contributed by atoms with Crippen molar-refractivity contribution in [3.05, 3.63) is 34.5 Å². The Balaban J connectivity index is 0.00000450. The fraction of sp³-hybridized carbons (Fsp3) is 0.600. The molecule has 2 aromatic rings. The van der Waals surface area contributed by atoms with Crippen molar-refractivity contribution in [3.63, 3.8) is 0 Å². The Kier molecular flexibility index (Phi) is 11.3. The first-order valence-electron chi connectivity index (χ1n) is 10.1. The molecule has 2 rings (SSSR count). The molecule has 3 N–H and O–H groups in total. The van der Waals surface area contributed by atoms with Crippen molar-refractivity contribution in [2.45, 2.75) is 65.6 Å². The predicted molar refractivity (Wildman–Crippen MR) is 134 cm³/mol. The molecule has 2 heterocycles. The molecule has 168 valence electrons. The number of nitrogens with one attached hydrogen (secondary N) is 3. The molecule has 30 heavy (non-hydrogen) atoms. The third-order valence-corrected chi connectivity index (χ3v) is 5.14. The van der Waals surface area contributed by atoms with Crippen LogP contribution in [0.3, 0.4) is 0 Å². The minimum Gasteiger partial charge on any atom is -0.355 e. The molecule has 0 aromatic carbocycles. The average molecular weight is 548 g/mol. The lowest BCUT2D eigenvalue weighted by Crippen LogP contribution is -2.44. The summed E-state index contributed by atoms with van der Waals surface area (Å²) in [5, 5.41) is 19.9. The second-order valence-electron chi connectivity index (χ2n) is 7.80. The molecule has 1 atom stereocenters. The number of guanidine groups is 1. The lowest BCUT2D eigenvalue weighted by molar-refractivity contribution is -0.121. The van der Waals surface area contributed by atoms with Gasteiger partial charge in [-0.1, -0.05) is 19.9 Å². The van der Waals surface area contributed by atoms with Crippen molar-refractivity contribution in [2.75, 3.05) is 13.1 Å². The molecule has 0 bridgehead atoms. The van der Waals surface area contributed by atoms with E-state index >= 15 is 0 Å². The van der Waals surface area contributed by atoms with Gasteiger partial charge in [-0.05, 0) is 38.6 Å². The predicted octanol–water partition coefficient (Wildman–Crippen LogP) is 3.12. The summed E-state index contributed by atoms with van der Waals surface area (Å²) in [6.07, 6.45) is 3.49. The van der Waals surface area contributed by atoms with Crippen LogP contribution in [0.25, 0.3) is 0 Å². The summed E-state index contributed by atoms with van der Waals surface area (Å²) in [6, 6.07) is 4.30. The Morgan fingerprint density at radius 1 is 1.33 bits per heavy atom. The molecule has 8 nitrogen and oxygen atoms in total. The number of hydrogen-bond donors (Lipinski definition) is 3. The molecule has 0 fully saturated rings. The van der Waals surface area contributed by atoms with Gasteiger partial charge < -0.3 is 20.5 Å². The van der Waals surface area contributed by atoms with E-state index in [0.717, 1.165) is 25.2 Å². The third kappa shape index (κ3) is 8.99. The highest BCUT2D eigenvalue weighted by Crippen LogP contribution is 2.21. The normalized spacial score (nSPS) is 12.8. The van der Waals surface area contributed by atoms with Gasteiger partial charge in [0.25, 0.3) is 0 Å². The summed E-state index contributed by atoms with van der Waals surface area (Å²) in [4.78, 5) is 18.0. The number of aryl methyl sites for hydroxylation is 1. The van der Waals surface area contributed by atoms with E-state index in [1.165, 1.54) is 4.88 Å². The molecule has 0 saturated heterocycles. The second kappa shape index (κ2) is 12.9. The van der Waals surface area contributed by atoms with Crippen LogP contribution in [-0.2, 0) is 17.8 Å². The number of carbonyl (C=O) groups excluding carboxylic acids is 1. The van der Waals surface area contributed by atoms with E-state index in [4.69, 9.17) is 0 Å².